The number of halogens is 1. The maximum atomic E-state index is 14.0. The number of hydrogen-bond donors (Lipinski definition) is 1. The van der Waals surface area contributed by atoms with Gasteiger partial charge < -0.3 is 10.2 Å². The number of rotatable bonds is 11. The van der Waals surface area contributed by atoms with Crippen LogP contribution in [0.3, 0.4) is 0 Å². The lowest BCUT2D eigenvalue weighted by Gasteiger charge is -2.33. The molecule has 1 N–H and O–H groups in total. The van der Waals surface area contributed by atoms with E-state index >= 15 is 0 Å². The second kappa shape index (κ2) is 13.1. The van der Waals surface area contributed by atoms with Crippen LogP contribution >= 0.6 is 11.6 Å². The summed E-state index contributed by atoms with van der Waals surface area (Å²) in [6.45, 7) is 8.97. The van der Waals surface area contributed by atoms with Gasteiger partial charge in [0.05, 0.1) is 10.6 Å². The van der Waals surface area contributed by atoms with E-state index in [0.29, 0.717) is 11.4 Å². The van der Waals surface area contributed by atoms with Crippen molar-refractivity contribution in [2.45, 2.75) is 64.6 Å². The van der Waals surface area contributed by atoms with Crippen molar-refractivity contribution in [3.8, 4) is 0 Å². The molecule has 9 heteroatoms. The molecule has 208 valence electrons. The highest BCUT2D eigenvalue weighted by atomic mass is 35.5. The molecule has 0 aliphatic carbocycles. The van der Waals surface area contributed by atoms with E-state index in [9.17, 15) is 18.0 Å². The molecular weight excluding hydrogens is 534 g/mol. The maximum absolute atomic E-state index is 14.0. The Hall–Kier alpha value is -3.36. The first-order valence-corrected chi connectivity index (χ1v) is 14.7. The van der Waals surface area contributed by atoms with Gasteiger partial charge in [-0.15, -0.1) is 0 Å². The van der Waals surface area contributed by atoms with E-state index in [1.54, 1.807) is 30.3 Å². The summed E-state index contributed by atoms with van der Waals surface area (Å²) in [6.07, 6.45) is 0.359. The number of amides is 2. The van der Waals surface area contributed by atoms with Gasteiger partial charge in [0.2, 0.25) is 11.8 Å². The molecule has 0 heterocycles. The Morgan fingerprint density at radius 3 is 2.15 bits per heavy atom. The number of anilines is 1. The zero-order valence-corrected chi connectivity index (χ0v) is 24.6. The Morgan fingerprint density at radius 1 is 0.949 bits per heavy atom. The molecule has 0 unspecified atom stereocenters. The minimum absolute atomic E-state index is 0.0455. The van der Waals surface area contributed by atoms with Crippen LogP contribution in [-0.4, -0.2) is 43.8 Å². The molecular formula is C30H36ClN3O4S. The van der Waals surface area contributed by atoms with Crippen molar-refractivity contribution >= 4 is 39.1 Å². The van der Waals surface area contributed by atoms with E-state index in [0.717, 1.165) is 21.0 Å². The molecule has 3 aromatic carbocycles. The zero-order valence-electron chi connectivity index (χ0n) is 23.0. The van der Waals surface area contributed by atoms with Crippen molar-refractivity contribution in [2.75, 3.05) is 10.8 Å². The van der Waals surface area contributed by atoms with Gasteiger partial charge in [0.1, 0.15) is 12.6 Å². The number of hydrogen-bond acceptors (Lipinski definition) is 4. The first-order valence-electron chi connectivity index (χ1n) is 12.9. The lowest BCUT2D eigenvalue weighted by Crippen LogP contribution is -2.53. The predicted octanol–water partition coefficient (Wildman–Crippen LogP) is 5.48. The number of aryl methyl sites for hydroxylation is 2. The van der Waals surface area contributed by atoms with E-state index in [2.05, 4.69) is 5.32 Å². The molecule has 3 aromatic rings. The van der Waals surface area contributed by atoms with Crippen LogP contribution < -0.4 is 9.62 Å². The maximum Gasteiger partial charge on any atom is 0.264 e. The Labute approximate surface area is 236 Å². The lowest BCUT2D eigenvalue weighted by atomic mass is 10.1. The van der Waals surface area contributed by atoms with Crippen LogP contribution in [0.15, 0.2) is 77.7 Å². The molecule has 7 nitrogen and oxygen atoms in total. The third kappa shape index (κ3) is 7.61. The summed E-state index contributed by atoms with van der Waals surface area (Å²) in [4.78, 5) is 28.7. The third-order valence-electron chi connectivity index (χ3n) is 6.34. The van der Waals surface area contributed by atoms with Crippen molar-refractivity contribution in [1.29, 1.82) is 0 Å². The van der Waals surface area contributed by atoms with Gasteiger partial charge in [0.25, 0.3) is 10.0 Å². The fourth-order valence-electron chi connectivity index (χ4n) is 4.18. The third-order valence-corrected chi connectivity index (χ3v) is 8.54. The zero-order chi connectivity index (χ0) is 28.7. The topological polar surface area (TPSA) is 86.8 Å². The highest BCUT2D eigenvalue weighted by Crippen LogP contribution is 2.28. The predicted molar refractivity (Wildman–Crippen MR) is 156 cm³/mol. The average molecular weight is 570 g/mol. The van der Waals surface area contributed by atoms with Gasteiger partial charge in [-0.25, -0.2) is 8.42 Å². The Bertz CT molecular complexity index is 1390. The molecule has 1 atom stereocenters. The number of nitrogens with zero attached hydrogens (tertiary/aromatic N) is 2. The number of nitrogens with one attached hydrogen (secondary N) is 1. The van der Waals surface area contributed by atoms with Gasteiger partial charge in [-0.1, -0.05) is 72.6 Å². The Morgan fingerprint density at radius 2 is 1.59 bits per heavy atom. The molecule has 2 amide bonds. The summed E-state index contributed by atoms with van der Waals surface area (Å²) in [5.74, 6) is -0.790. The minimum Gasteiger partial charge on any atom is -0.352 e. The number of sulfonamides is 1. The molecule has 0 spiro atoms. The molecule has 3 rings (SSSR count). The van der Waals surface area contributed by atoms with Gasteiger partial charge in [0.15, 0.2) is 0 Å². The molecule has 0 aromatic heterocycles. The second-order valence-electron chi connectivity index (χ2n) is 9.85. The summed E-state index contributed by atoms with van der Waals surface area (Å²) in [5, 5.41) is 3.28. The van der Waals surface area contributed by atoms with Crippen LogP contribution in [0.5, 0.6) is 0 Å². The Balaban J connectivity index is 2.07. The molecule has 0 fully saturated rings. The van der Waals surface area contributed by atoms with Crippen molar-refractivity contribution < 1.29 is 18.0 Å². The molecule has 0 saturated carbocycles. The summed E-state index contributed by atoms with van der Waals surface area (Å²) >= 11 is 6.37. The van der Waals surface area contributed by atoms with Crippen molar-refractivity contribution in [3.63, 3.8) is 0 Å². The van der Waals surface area contributed by atoms with Gasteiger partial charge in [-0.3, -0.25) is 13.9 Å². The quantitative estimate of drug-likeness (QED) is 0.331. The van der Waals surface area contributed by atoms with Gasteiger partial charge >= 0.3 is 0 Å². The highest BCUT2D eigenvalue weighted by Gasteiger charge is 2.34. The van der Waals surface area contributed by atoms with Gasteiger partial charge in [-0.05, 0) is 69.5 Å². The van der Waals surface area contributed by atoms with Crippen LogP contribution in [0.25, 0.3) is 0 Å². The standard InChI is InChI=1S/C30H36ClN3O4S/c1-6-28(30(36)32-21(2)3)33(19-24-15-12-22(4)13-16-24)29(35)20-34(25-17-14-23(5)27(31)18-25)39(37,38)26-10-8-7-9-11-26/h7-18,21,28H,6,19-20H2,1-5H3,(H,32,36)/t28-/m1/s1. The molecule has 0 saturated heterocycles. The van der Waals surface area contributed by atoms with Crippen LogP contribution in [0.1, 0.15) is 43.9 Å². The summed E-state index contributed by atoms with van der Waals surface area (Å²) in [7, 11) is -4.14. The average Bonchev–Trinajstić information content (AvgIpc) is 2.90. The minimum atomic E-state index is -4.14. The van der Waals surface area contributed by atoms with E-state index in [1.807, 2.05) is 58.9 Å². The molecule has 0 aliphatic rings. The fraction of sp³-hybridized carbons (Fsp3) is 0.333. The van der Waals surface area contributed by atoms with Crippen LogP contribution in [-0.2, 0) is 26.2 Å². The lowest BCUT2D eigenvalue weighted by molar-refractivity contribution is -0.140. The number of carbonyl (C=O) groups excluding carboxylic acids is 2. The second-order valence-corrected chi connectivity index (χ2v) is 12.1. The van der Waals surface area contributed by atoms with Gasteiger partial charge in [-0.2, -0.15) is 0 Å². The number of benzene rings is 3. The monoisotopic (exact) mass is 569 g/mol. The number of carbonyl (C=O) groups is 2. The largest absolute Gasteiger partial charge is 0.352 e. The molecule has 39 heavy (non-hydrogen) atoms. The highest BCUT2D eigenvalue weighted by molar-refractivity contribution is 7.92. The molecule has 0 aliphatic heterocycles. The molecule has 0 bridgehead atoms. The van der Waals surface area contributed by atoms with Crippen molar-refractivity contribution in [1.82, 2.24) is 10.2 Å². The Kier molecular flexibility index (Phi) is 10.2. The summed E-state index contributed by atoms with van der Waals surface area (Å²) in [5.41, 5.74) is 2.94. The molecule has 0 radical (unpaired) electrons. The van der Waals surface area contributed by atoms with Gasteiger partial charge in [0, 0.05) is 17.6 Å². The SMILES string of the molecule is CC[C@H](C(=O)NC(C)C)N(Cc1ccc(C)cc1)C(=O)CN(c1ccc(C)c(Cl)c1)S(=O)(=O)c1ccccc1. The van der Waals surface area contributed by atoms with E-state index in [-0.39, 0.29) is 29.1 Å². The van der Waals surface area contributed by atoms with E-state index in [1.165, 1.54) is 23.1 Å². The van der Waals surface area contributed by atoms with Crippen molar-refractivity contribution in [3.05, 3.63) is 94.5 Å². The summed E-state index contributed by atoms with van der Waals surface area (Å²) in [6, 6.07) is 19.6. The van der Waals surface area contributed by atoms with E-state index < -0.39 is 28.5 Å². The van der Waals surface area contributed by atoms with Crippen LogP contribution in [0.4, 0.5) is 5.69 Å². The van der Waals surface area contributed by atoms with Crippen molar-refractivity contribution in [2.24, 2.45) is 0 Å². The fourth-order valence-corrected chi connectivity index (χ4v) is 5.78. The smallest absolute Gasteiger partial charge is 0.264 e. The normalized spacial score (nSPS) is 12.2. The first kappa shape index (κ1) is 30.2. The van der Waals surface area contributed by atoms with Crippen LogP contribution in [0.2, 0.25) is 5.02 Å². The van der Waals surface area contributed by atoms with E-state index in [4.69, 9.17) is 11.6 Å². The summed E-state index contributed by atoms with van der Waals surface area (Å²) < 4.78 is 28.7. The van der Waals surface area contributed by atoms with Crippen LogP contribution in [0, 0.1) is 13.8 Å². The first-order chi connectivity index (χ1) is 18.4.